The molecule has 4 aromatic rings. The van der Waals surface area contributed by atoms with Gasteiger partial charge in [-0.1, -0.05) is 194 Å². The Bertz CT molecular complexity index is 2340. The minimum Gasteiger partial charge on any atom is -0.505 e. The number of halogens is 6. The van der Waals surface area contributed by atoms with Crippen LogP contribution in [0, 0.1) is 0 Å². The summed E-state index contributed by atoms with van der Waals surface area (Å²) in [6.45, 7) is 7.95. The van der Waals surface area contributed by atoms with Crippen molar-refractivity contribution in [3.05, 3.63) is 143 Å². The van der Waals surface area contributed by atoms with Crippen molar-refractivity contribution in [2.24, 2.45) is 0 Å². The highest BCUT2D eigenvalue weighted by Crippen LogP contribution is 2.32. The molecule has 0 N–H and O–H groups in total. The number of unbranched alkanes of at least 4 members (excludes halogenated alkanes) is 27. The van der Waals surface area contributed by atoms with Gasteiger partial charge in [0.1, 0.15) is 34.5 Å². The number of rotatable bonds is 51. The highest BCUT2D eigenvalue weighted by atomic mass is 19.3. The Morgan fingerprint density at radius 1 is 0.299 bits per heavy atom. The van der Waals surface area contributed by atoms with Crippen LogP contribution in [0.15, 0.2) is 109 Å². The molecule has 0 atom stereocenters. The summed E-state index contributed by atoms with van der Waals surface area (Å²) in [6.07, 6.45) is 36.9. The molecule has 0 saturated heterocycles. The third-order valence-electron chi connectivity index (χ3n) is 14.9. The molecular weight excluding hydrogens is 1120 g/mol. The van der Waals surface area contributed by atoms with E-state index in [2.05, 4.69) is 20.8 Å². The van der Waals surface area contributed by atoms with Crippen molar-refractivity contribution in [2.75, 3.05) is 19.8 Å². The molecular formula is C69H93B3F6O9. The van der Waals surface area contributed by atoms with Gasteiger partial charge in [-0.05, 0) is 110 Å². The van der Waals surface area contributed by atoms with E-state index >= 15 is 0 Å². The van der Waals surface area contributed by atoms with Crippen molar-refractivity contribution < 1.29 is 68.5 Å². The molecule has 0 bridgehead atoms. The van der Waals surface area contributed by atoms with Gasteiger partial charge in [0.2, 0.25) is 0 Å². The van der Waals surface area contributed by atoms with Gasteiger partial charge in [-0.25, -0.2) is 25.9 Å². The largest absolute Gasteiger partial charge is 0.796 e. The van der Waals surface area contributed by atoms with Gasteiger partial charge in [0, 0.05) is 51.6 Å². The summed E-state index contributed by atoms with van der Waals surface area (Å²) in [4.78, 5) is 41.6. The molecule has 0 aliphatic carbocycles. The average Bonchev–Trinajstić information content (AvgIpc) is 2.73. The van der Waals surface area contributed by atoms with Crippen molar-refractivity contribution >= 4 is 57.0 Å². The standard InChI is InChI=1S/C69H93B3F6O9/c1-4-7-10-13-16-19-22-25-28-31-46-82-61-40-34-55(35-41-61)64(79)52-67(85-70(73)74)58-49-59(68(86-71(75)76)53-65(80)56-36-42-62(43-37-56)83-47-32-29-26-23-20-17-14-11-8-5-2)51-60(50-58)69(87-72(77)78)54-66(81)57-38-44-63(45-39-57)84-48-33-30-27-24-21-18-15-12-9-6-3/h34-45,49-54H,4-33,46-48H2,1-3H3/b67-52-,68-53-,69-54+. The first-order chi connectivity index (χ1) is 42.3. The van der Waals surface area contributed by atoms with Crippen LogP contribution in [0.3, 0.4) is 0 Å². The van der Waals surface area contributed by atoms with Crippen LogP contribution in [0.25, 0.3) is 17.3 Å². The van der Waals surface area contributed by atoms with Crippen molar-refractivity contribution in [2.45, 2.75) is 213 Å². The molecule has 18 heteroatoms. The minimum atomic E-state index is -3.57. The summed E-state index contributed by atoms with van der Waals surface area (Å²) in [7, 11) is -10.7. The maximum absolute atomic E-state index is 14.4. The van der Waals surface area contributed by atoms with E-state index in [1.165, 1.54) is 152 Å². The summed E-state index contributed by atoms with van der Waals surface area (Å²) < 4.78 is 119. The maximum atomic E-state index is 14.4. The van der Waals surface area contributed by atoms with E-state index in [9.17, 15) is 40.3 Å². The van der Waals surface area contributed by atoms with Gasteiger partial charge >= 0.3 is 22.4 Å². The van der Waals surface area contributed by atoms with Gasteiger partial charge in [-0.2, -0.15) is 0 Å². The summed E-state index contributed by atoms with van der Waals surface area (Å²) in [5, 5.41) is 0. The Kier molecular flexibility index (Phi) is 37.9. The van der Waals surface area contributed by atoms with E-state index in [0.717, 1.165) is 113 Å². The number of hydrogen-bond acceptors (Lipinski definition) is 9. The fourth-order valence-electron chi connectivity index (χ4n) is 9.99. The number of carbonyl (C=O) groups is 3. The van der Waals surface area contributed by atoms with Crippen LogP contribution in [0.1, 0.15) is 261 Å². The molecule has 0 fully saturated rings. The Hall–Kier alpha value is -6.32. The third kappa shape index (κ3) is 31.9. The van der Waals surface area contributed by atoms with Gasteiger partial charge in [-0.3, -0.25) is 14.4 Å². The van der Waals surface area contributed by atoms with Crippen molar-refractivity contribution in [1.82, 2.24) is 0 Å². The molecule has 0 aromatic heterocycles. The Morgan fingerprint density at radius 2 is 0.494 bits per heavy atom. The number of ketones is 3. The van der Waals surface area contributed by atoms with Crippen molar-refractivity contribution in [1.29, 1.82) is 0 Å². The smallest absolute Gasteiger partial charge is 0.505 e. The average molecular weight is 1210 g/mol. The number of benzene rings is 4. The Labute approximate surface area is 516 Å². The quantitative estimate of drug-likeness (QED) is 0.0107. The summed E-state index contributed by atoms with van der Waals surface area (Å²) >= 11 is 0. The van der Waals surface area contributed by atoms with Crippen LogP contribution in [0.4, 0.5) is 25.9 Å². The van der Waals surface area contributed by atoms with Gasteiger partial charge in [-0.15, -0.1) is 0 Å². The van der Waals surface area contributed by atoms with Crippen LogP contribution < -0.4 is 14.2 Å². The van der Waals surface area contributed by atoms with E-state index in [-0.39, 0.29) is 16.7 Å². The normalized spacial score (nSPS) is 11.8. The lowest BCUT2D eigenvalue weighted by Gasteiger charge is -2.17. The molecule has 0 saturated carbocycles. The second-order valence-corrected chi connectivity index (χ2v) is 22.2. The molecule has 87 heavy (non-hydrogen) atoms. The fraction of sp³-hybridized carbons (Fsp3) is 0.522. The lowest BCUT2D eigenvalue weighted by molar-refractivity contribution is 0.103. The molecule has 0 amide bonds. The lowest BCUT2D eigenvalue weighted by atomic mass is 9.97. The van der Waals surface area contributed by atoms with E-state index in [1.807, 2.05) is 0 Å². The molecule has 4 aromatic carbocycles. The van der Waals surface area contributed by atoms with Gasteiger partial charge < -0.3 is 28.2 Å². The first-order valence-corrected chi connectivity index (χ1v) is 32.3. The first kappa shape index (κ1) is 73.2. The SMILES string of the molecule is CCCCCCCCCCCCOc1ccc(C(=O)/C=C(\OB(F)F)c2cc(/C(=C/C(=O)c3ccc(OCCCCCCCCCCCC)cc3)OB(F)F)cc(/C(=C\C(=O)c3ccc(OCCCCCCCCCCCC)cc3)OB(F)F)c2)cc1. The molecule has 9 nitrogen and oxygen atoms in total. The number of allylic oxidation sites excluding steroid dienone is 3. The molecule has 0 spiro atoms. The predicted molar refractivity (Wildman–Crippen MR) is 342 cm³/mol. The first-order valence-electron chi connectivity index (χ1n) is 32.3. The monoisotopic (exact) mass is 1210 g/mol. The summed E-state index contributed by atoms with van der Waals surface area (Å²) in [5.74, 6) is -3.57. The topological polar surface area (TPSA) is 107 Å². The second kappa shape index (κ2) is 45.0. The number of ether oxygens (including phenoxy) is 3. The minimum absolute atomic E-state index is 0.0258. The van der Waals surface area contributed by atoms with Crippen LogP contribution in [0.2, 0.25) is 0 Å². The van der Waals surface area contributed by atoms with Crippen LogP contribution in [-0.4, -0.2) is 59.6 Å². The van der Waals surface area contributed by atoms with Gasteiger partial charge in [0.05, 0.1) is 19.8 Å². The van der Waals surface area contributed by atoms with Crippen molar-refractivity contribution in [3.63, 3.8) is 0 Å². The molecule has 0 aliphatic rings. The number of carbonyl (C=O) groups excluding carboxylic acids is 3. The lowest BCUT2D eigenvalue weighted by Crippen LogP contribution is -2.11. The summed E-state index contributed by atoms with van der Waals surface area (Å²) in [5.41, 5.74) is -1.28. The van der Waals surface area contributed by atoms with Crippen LogP contribution >= 0.6 is 0 Å². The van der Waals surface area contributed by atoms with E-state index in [0.29, 0.717) is 37.1 Å². The van der Waals surface area contributed by atoms with E-state index in [4.69, 9.17) is 28.2 Å². The zero-order valence-corrected chi connectivity index (χ0v) is 51.9. The third-order valence-corrected chi connectivity index (χ3v) is 14.9. The molecule has 0 heterocycles. The van der Waals surface area contributed by atoms with E-state index in [1.54, 1.807) is 36.4 Å². The van der Waals surface area contributed by atoms with Crippen molar-refractivity contribution in [3.8, 4) is 17.2 Å². The fourth-order valence-corrected chi connectivity index (χ4v) is 9.99. The van der Waals surface area contributed by atoms with Crippen LogP contribution in [-0.2, 0) is 14.0 Å². The molecule has 4 rings (SSSR count). The predicted octanol–water partition coefficient (Wildman–Crippen LogP) is 21.1. The highest BCUT2D eigenvalue weighted by Gasteiger charge is 2.28. The molecule has 0 unspecified atom stereocenters. The Morgan fingerprint density at radius 3 is 0.690 bits per heavy atom. The van der Waals surface area contributed by atoms with E-state index < -0.39 is 73.7 Å². The zero-order valence-electron chi connectivity index (χ0n) is 51.9. The summed E-state index contributed by atoms with van der Waals surface area (Å²) in [6, 6.07) is 20.9. The Balaban J connectivity index is 1.61. The van der Waals surface area contributed by atoms with Gasteiger partial charge in [0.25, 0.3) is 0 Å². The second-order valence-electron chi connectivity index (χ2n) is 22.2. The number of hydrogen-bond donors (Lipinski definition) is 0. The molecule has 474 valence electrons. The maximum Gasteiger partial charge on any atom is 0.796 e. The molecule has 0 radical (unpaired) electrons. The highest BCUT2D eigenvalue weighted by molar-refractivity contribution is 6.37. The van der Waals surface area contributed by atoms with Gasteiger partial charge in [0.15, 0.2) is 17.3 Å². The molecule has 0 aliphatic heterocycles. The zero-order chi connectivity index (χ0) is 62.7. The van der Waals surface area contributed by atoms with Crippen LogP contribution in [0.5, 0.6) is 17.2 Å².